The van der Waals surface area contributed by atoms with E-state index in [-0.39, 0.29) is 6.61 Å². The first-order valence-electron chi connectivity index (χ1n) is 13.5. The average Bonchev–Trinajstić information content (AvgIpc) is 2.90. The van der Waals surface area contributed by atoms with Crippen LogP contribution in [0.1, 0.15) is 69.4 Å². The molecule has 0 spiro atoms. The Morgan fingerprint density at radius 3 is 2.38 bits per heavy atom. The number of hydrogen-bond donors (Lipinski definition) is 1. The van der Waals surface area contributed by atoms with Crippen molar-refractivity contribution in [1.82, 2.24) is 9.62 Å². The number of unbranched alkanes of at least 4 members (excludes halogenated alkanes) is 2. The Bertz CT molecular complexity index is 1020. The normalized spacial score (nSPS) is 20.8. The van der Waals surface area contributed by atoms with Crippen LogP contribution in [0.3, 0.4) is 0 Å². The van der Waals surface area contributed by atoms with Gasteiger partial charge < -0.3 is 10.1 Å². The van der Waals surface area contributed by atoms with Gasteiger partial charge in [-0.05, 0) is 55.4 Å². The van der Waals surface area contributed by atoms with E-state index in [1.54, 1.807) is 4.31 Å². The molecule has 9 heteroatoms. The van der Waals surface area contributed by atoms with Crippen molar-refractivity contribution in [1.29, 1.82) is 0 Å². The Morgan fingerprint density at radius 2 is 1.81 bits per heavy atom. The summed E-state index contributed by atoms with van der Waals surface area (Å²) in [6.45, 7) is 9.10. The van der Waals surface area contributed by atoms with Gasteiger partial charge in [0.05, 0.1) is 16.2 Å². The Hall–Kier alpha value is -0.640. The van der Waals surface area contributed by atoms with Gasteiger partial charge in [0.15, 0.2) is 0 Å². The van der Waals surface area contributed by atoms with Crippen LogP contribution in [-0.2, 0) is 10.0 Å². The highest BCUT2D eigenvalue weighted by Crippen LogP contribution is 2.43. The van der Waals surface area contributed by atoms with Crippen molar-refractivity contribution in [2.24, 2.45) is 0 Å². The van der Waals surface area contributed by atoms with Gasteiger partial charge in [0, 0.05) is 32.6 Å². The second-order valence-corrected chi connectivity index (χ2v) is 15.2. The summed E-state index contributed by atoms with van der Waals surface area (Å²) < 4.78 is 34.6. The van der Waals surface area contributed by atoms with Gasteiger partial charge in [-0.25, -0.2) is 8.42 Å². The Kier molecular flexibility index (Phi) is 12.7. The molecule has 3 rings (SSSR count). The predicted octanol–water partition coefficient (Wildman–Crippen LogP) is 7.05. The van der Waals surface area contributed by atoms with Gasteiger partial charge in [0.1, 0.15) is 10.5 Å². The van der Waals surface area contributed by atoms with Crippen LogP contribution < -0.4 is 10.1 Å². The van der Waals surface area contributed by atoms with Crippen LogP contribution in [0.4, 0.5) is 0 Å². The highest BCUT2D eigenvalue weighted by Gasteiger charge is 2.45. The highest BCUT2D eigenvalue weighted by atomic mass is 35.5. The van der Waals surface area contributed by atoms with Crippen LogP contribution in [0.5, 0.6) is 5.75 Å². The zero-order chi connectivity index (χ0) is 26.7. The topological polar surface area (TPSA) is 58.6 Å². The van der Waals surface area contributed by atoms with Crippen molar-refractivity contribution in [3.63, 3.8) is 0 Å². The Labute approximate surface area is 238 Å². The third-order valence-corrected chi connectivity index (χ3v) is 12.8. The molecule has 1 N–H and O–H groups in total. The maximum Gasteiger partial charge on any atom is 0.224 e. The van der Waals surface area contributed by atoms with E-state index in [4.69, 9.17) is 16.3 Å². The number of allylic oxidation sites excluding steroid dienone is 3. The summed E-state index contributed by atoms with van der Waals surface area (Å²) in [6, 6.07) is 6.09. The van der Waals surface area contributed by atoms with Gasteiger partial charge in [-0.2, -0.15) is 4.31 Å². The molecule has 1 aliphatic heterocycles. The van der Waals surface area contributed by atoms with E-state index in [2.05, 4.69) is 25.2 Å². The molecular formula is C28H43ClN2O3S3. The highest BCUT2D eigenvalue weighted by molar-refractivity contribution is 8.16. The second kappa shape index (κ2) is 15.2. The van der Waals surface area contributed by atoms with E-state index in [0.717, 1.165) is 17.1 Å². The van der Waals surface area contributed by atoms with Crippen LogP contribution in [-0.4, -0.2) is 61.8 Å². The molecule has 1 saturated heterocycles. The molecule has 0 saturated carbocycles. The van der Waals surface area contributed by atoms with Crippen molar-refractivity contribution >= 4 is 45.1 Å². The third-order valence-electron chi connectivity index (χ3n) is 6.89. The molecule has 1 aromatic rings. The fourth-order valence-electron chi connectivity index (χ4n) is 4.43. The predicted molar refractivity (Wildman–Crippen MR) is 163 cm³/mol. The molecule has 2 aliphatic rings. The molecule has 208 valence electrons. The number of nitrogens with one attached hydrogen (secondary N) is 1. The Balaban J connectivity index is 1.69. The molecule has 1 fully saturated rings. The lowest BCUT2D eigenvalue weighted by molar-refractivity contribution is 0.286. The monoisotopic (exact) mass is 586 g/mol. The van der Waals surface area contributed by atoms with Crippen LogP contribution in [0, 0.1) is 0 Å². The van der Waals surface area contributed by atoms with Crippen molar-refractivity contribution < 1.29 is 13.2 Å². The minimum Gasteiger partial charge on any atom is -0.492 e. The van der Waals surface area contributed by atoms with E-state index < -0.39 is 14.8 Å². The van der Waals surface area contributed by atoms with E-state index >= 15 is 0 Å². The lowest BCUT2D eigenvalue weighted by Crippen LogP contribution is -2.54. The first-order valence-corrected chi connectivity index (χ1v) is 17.5. The molecule has 1 atom stereocenters. The minimum absolute atomic E-state index is 0.279. The number of halogens is 1. The molecule has 1 heterocycles. The lowest BCUT2D eigenvalue weighted by Gasteiger charge is -2.38. The SMILES string of the molecule is CCCCSC(SCCCC)c1ccc(OCCC2(S(=O)(=O)N3CCNCC3)C=CC(C)=CC2)c(Cl)c1. The lowest BCUT2D eigenvalue weighted by atomic mass is 9.93. The maximum atomic E-state index is 13.7. The molecule has 0 amide bonds. The smallest absolute Gasteiger partial charge is 0.224 e. The molecule has 1 aliphatic carbocycles. The largest absolute Gasteiger partial charge is 0.492 e. The average molecular weight is 587 g/mol. The van der Waals surface area contributed by atoms with E-state index in [1.165, 1.54) is 31.2 Å². The van der Waals surface area contributed by atoms with Crippen molar-refractivity contribution in [3.05, 3.63) is 52.6 Å². The number of nitrogens with zero attached hydrogens (tertiary/aromatic N) is 1. The third kappa shape index (κ3) is 8.42. The van der Waals surface area contributed by atoms with E-state index in [0.29, 0.717) is 54.4 Å². The summed E-state index contributed by atoms with van der Waals surface area (Å²) in [4.78, 5) is 0. The van der Waals surface area contributed by atoms with Gasteiger partial charge in [-0.1, -0.05) is 68.2 Å². The summed E-state index contributed by atoms with van der Waals surface area (Å²) >= 11 is 10.7. The van der Waals surface area contributed by atoms with E-state index in [1.807, 2.05) is 60.8 Å². The first kappa shape index (κ1) is 30.9. The number of hydrogen-bond acceptors (Lipinski definition) is 6. The van der Waals surface area contributed by atoms with Crippen LogP contribution in [0.2, 0.25) is 5.02 Å². The quantitative estimate of drug-likeness (QED) is 0.175. The molecule has 0 radical (unpaired) electrons. The zero-order valence-corrected chi connectivity index (χ0v) is 25.7. The number of piperazine rings is 1. The molecule has 37 heavy (non-hydrogen) atoms. The maximum absolute atomic E-state index is 13.7. The van der Waals surface area contributed by atoms with Crippen LogP contribution >= 0.6 is 35.1 Å². The second-order valence-electron chi connectivity index (χ2n) is 9.77. The van der Waals surface area contributed by atoms with Crippen LogP contribution in [0.15, 0.2) is 42.0 Å². The number of benzene rings is 1. The number of ether oxygens (including phenoxy) is 1. The van der Waals surface area contributed by atoms with Crippen molar-refractivity contribution in [3.8, 4) is 5.75 Å². The number of rotatable bonds is 15. The molecule has 1 unspecified atom stereocenters. The van der Waals surface area contributed by atoms with Crippen LogP contribution in [0.25, 0.3) is 0 Å². The number of sulfonamides is 1. The Morgan fingerprint density at radius 1 is 1.14 bits per heavy atom. The molecule has 0 bridgehead atoms. The summed E-state index contributed by atoms with van der Waals surface area (Å²) in [5, 5.41) is 3.83. The number of thioether (sulfide) groups is 2. The fraction of sp³-hybridized carbons (Fsp3) is 0.643. The summed E-state index contributed by atoms with van der Waals surface area (Å²) in [5.74, 6) is 2.89. The molecule has 5 nitrogen and oxygen atoms in total. The van der Waals surface area contributed by atoms with Crippen molar-refractivity contribution in [2.45, 2.75) is 68.6 Å². The zero-order valence-electron chi connectivity index (χ0n) is 22.5. The standard InChI is InChI=1S/C28H43ClN2O3S3/c1-4-6-20-35-27(36-21-7-5-2)24-8-9-26(25(29)22-24)34-19-14-28(12-10-23(3)11-13-28)37(32,33)31-17-15-30-16-18-31/h8-12,22,27,30H,4-7,13-21H2,1-3H3. The van der Waals surface area contributed by atoms with E-state index in [9.17, 15) is 8.42 Å². The summed E-state index contributed by atoms with van der Waals surface area (Å²) in [5.41, 5.74) is 2.31. The van der Waals surface area contributed by atoms with Gasteiger partial charge in [0.25, 0.3) is 0 Å². The van der Waals surface area contributed by atoms with Gasteiger partial charge >= 0.3 is 0 Å². The molecule has 1 aromatic carbocycles. The van der Waals surface area contributed by atoms with Crippen molar-refractivity contribution in [2.75, 3.05) is 44.3 Å². The molecule has 0 aromatic heterocycles. The van der Waals surface area contributed by atoms with Gasteiger partial charge in [0.2, 0.25) is 10.0 Å². The summed E-state index contributed by atoms with van der Waals surface area (Å²) in [7, 11) is -3.53. The first-order chi connectivity index (χ1) is 17.8. The van der Waals surface area contributed by atoms with Gasteiger partial charge in [-0.15, -0.1) is 23.5 Å². The fourth-order valence-corrected chi connectivity index (χ4v) is 9.70. The summed E-state index contributed by atoms with van der Waals surface area (Å²) in [6.07, 6.45) is 11.5. The molecular weight excluding hydrogens is 544 g/mol. The van der Waals surface area contributed by atoms with Gasteiger partial charge in [-0.3, -0.25) is 0 Å². The minimum atomic E-state index is -3.53.